The number of hydrogen-bond acceptors (Lipinski definition) is 6. The summed E-state index contributed by atoms with van der Waals surface area (Å²) in [6.07, 6.45) is 9.62. The Kier molecular flexibility index (Phi) is 21.0. The van der Waals surface area contributed by atoms with Gasteiger partial charge in [0.25, 0.3) is 0 Å². The van der Waals surface area contributed by atoms with E-state index in [2.05, 4.69) is 28.2 Å². The van der Waals surface area contributed by atoms with Gasteiger partial charge in [0.05, 0.1) is 6.04 Å². The lowest BCUT2D eigenvalue weighted by Crippen LogP contribution is -2.41. The molecule has 0 radical (unpaired) electrons. The van der Waals surface area contributed by atoms with Gasteiger partial charge in [0.15, 0.2) is 0 Å². The molecule has 8 N–H and O–H groups in total. The van der Waals surface area contributed by atoms with E-state index < -0.39 is 0 Å². The van der Waals surface area contributed by atoms with Gasteiger partial charge < -0.3 is 32.7 Å². The van der Waals surface area contributed by atoms with Crippen LogP contribution in [0.1, 0.15) is 64.7 Å². The highest BCUT2D eigenvalue weighted by molar-refractivity contribution is 5.81. The molecule has 7 heteroatoms. The van der Waals surface area contributed by atoms with Gasteiger partial charge in [0.1, 0.15) is 0 Å². The number of nitrogens with two attached hydrogens (primary N) is 2. The zero-order valence-electron chi connectivity index (χ0n) is 17.7. The van der Waals surface area contributed by atoms with E-state index in [1.54, 1.807) is 0 Å². The third kappa shape index (κ3) is 19.8. The first-order valence-corrected chi connectivity index (χ1v) is 11.1. The highest BCUT2D eigenvalue weighted by Crippen LogP contribution is 1.99. The Morgan fingerprint density at radius 3 is 1.85 bits per heavy atom. The van der Waals surface area contributed by atoms with Crippen molar-refractivity contribution in [2.24, 2.45) is 11.5 Å². The van der Waals surface area contributed by atoms with Crippen molar-refractivity contribution >= 4 is 5.91 Å². The maximum absolute atomic E-state index is 11.9. The molecule has 0 aromatic rings. The van der Waals surface area contributed by atoms with Gasteiger partial charge in [0, 0.05) is 6.54 Å². The Bertz CT molecular complexity index is 317. The van der Waals surface area contributed by atoms with E-state index in [4.69, 9.17) is 11.5 Å². The van der Waals surface area contributed by atoms with Crippen LogP contribution in [0.5, 0.6) is 0 Å². The lowest BCUT2D eigenvalue weighted by atomic mass is 10.1. The highest BCUT2D eigenvalue weighted by atomic mass is 16.2. The summed E-state index contributed by atoms with van der Waals surface area (Å²) in [5.41, 5.74) is 11.4. The Labute approximate surface area is 167 Å². The Hall–Kier alpha value is -0.730. The molecule has 0 fully saturated rings. The molecule has 7 nitrogen and oxygen atoms in total. The lowest BCUT2D eigenvalue weighted by Gasteiger charge is -2.12. The van der Waals surface area contributed by atoms with Crippen molar-refractivity contribution in [2.45, 2.75) is 70.8 Å². The minimum Gasteiger partial charge on any atom is -0.355 e. The summed E-state index contributed by atoms with van der Waals surface area (Å²) in [5.74, 6) is -0.0162. The molecule has 1 atom stereocenters. The zero-order chi connectivity index (χ0) is 20.0. The van der Waals surface area contributed by atoms with Gasteiger partial charge in [-0.25, -0.2) is 0 Å². The molecule has 0 aliphatic carbocycles. The summed E-state index contributed by atoms with van der Waals surface area (Å²) in [7, 11) is 0. The van der Waals surface area contributed by atoms with Crippen LogP contribution in [0.25, 0.3) is 0 Å². The summed E-state index contributed by atoms with van der Waals surface area (Å²) in [6.45, 7) is 9.78. The largest absolute Gasteiger partial charge is 0.355 e. The fraction of sp³-hybridized carbons (Fsp3) is 0.950. The van der Waals surface area contributed by atoms with Crippen molar-refractivity contribution in [3.8, 4) is 0 Å². The summed E-state index contributed by atoms with van der Waals surface area (Å²) < 4.78 is 0. The Morgan fingerprint density at radius 1 is 0.741 bits per heavy atom. The standard InChI is InChI=1S/C20H46N6O/c1-2-3-12-23-13-5-4-10-19(22)20(27)26-18-9-17-25-15-7-6-14-24-16-8-11-21/h19,23-25H,2-18,21-22H2,1H3,(H,26,27). The van der Waals surface area contributed by atoms with Crippen LogP contribution >= 0.6 is 0 Å². The second kappa shape index (κ2) is 21.6. The topological polar surface area (TPSA) is 117 Å². The second-order valence-corrected chi connectivity index (χ2v) is 7.20. The van der Waals surface area contributed by atoms with Crippen molar-refractivity contribution in [3.05, 3.63) is 0 Å². The molecule has 27 heavy (non-hydrogen) atoms. The monoisotopic (exact) mass is 386 g/mol. The van der Waals surface area contributed by atoms with Crippen molar-refractivity contribution in [3.63, 3.8) is 0 Å². The zero-order valence-corrected chi connectivity index (χ0v) is 17.7. The molecule has 0 aliphatic rings. The van der Waals surface area contributed by atoms with Crippen molar-refractivity contribution in [1.29, 1.82) is 0 Å². The third-order valence-electron chi connectivity index (χ3n) is 4.51. The van der Waals surface area contributed by atoms with Crippen LogP contribution < -0.4 is 32.7 Å². The highest BCUT2D eigenvalue weighted by Gasteiger charge is 2.11. The van der Waals surface area contributed by atoms with Gasteiger partial charge in [0.2, 0.25) is 5.91 Å². The summed E-state index contributed by atoms with van der Waals surface area (Å²) in [5, 5.41) is 13.1. The number of carbonyl (C=O) groups is 1. The van der Waals surface area contributed by atoms with E-state index in [-0.39, 0.29) is 11.9 Å². The summed E-state index contributed by atoms with van der Waals surface area (Å²) in [4.78, 5) is 11.9. The molecule has 0 bridgehead atoms. The third-order valence-corrected chi connectivity index (χ3v) is 4.51. The maximum Gasteiger partial charge on any atom is 0.236 e. The van der Waals surface area contributed by atoms with Gasteiger partial charge in [-0.2, -0.15) is 0 Å². The predicted octanol–water partition coefficient (Wildman–Crippen LogP) is 0.688. The second-order valence-electron chi connectivity index (χ2n) is 7.20. The molecule has 0 aliphatic heterocycles. The van der Waals surface area contributed by atoms with Gasteiger partial charge in [-0.15, -0.1) is 0 Å². The van der Waals surface area contributed by atoms with Crippen LogP contribution in [0.4, 0.5) is 0 Å². The molecular weight excluding hydrogens is 340 g/mol. The first-order valence-electron chi connectivity index (χ1n) is 11.1. The molecule has 0 heterocycles. The lowest BCUT2D eigenvalue weighted by molar-refractivity contribution is -0.122. The first-order chi connectivity index (χ1) is 13.2. The average Bonchev–Trinajstić information content (AvgIpc) is 2.67. The van der Waals surface area contributed by atoms with Crippen molar-refractivity contribution < 1.29 is 4.79 Å². The van der Waals surface area contributed by atoms with E-state index in [1.807, 2.05) is 0 Å². The predicted molar refractivity (Wildman–Crippen MR) is 116 cm³/mol. The molecule has 0 saturated carbocycles. The average molecular weight is 387 g/mol. The maximum atomic E-state index is 11.9. The number of carbonyl (C=O) groups excluding carboxylic acids is 1. The number of nitrogens with one attached hydrogen (secondary N) is 4. The molecule has 1 unspecified atom stereocenters. The molecule has 0 aromatic heterocycles. The van der Waals surface area contributed by atoms with Crippen LogP contribution in [0.3, 0.4) is 0 Å². The number of unbranched alkanes of at least 4 members (excludes halogenated alkanes) is 3. The Balaban J connectivity index is 3.30. The van der Waals surface area contributed by atoms with Crippen LogP contribution in [-0.4, -0.2) is 64.3 Å². The van der Waals surface area contributed by atoms with E-state index >= 15 is 0 Å². The SMILES string of the molecule is CCCCNCCCCC(N)C(=O)NCCCNCCCCNCCCN. The van der Waals surface area contributed by atoms with E-state index in [0.717, 1.165) is 77.9 Å². The molecule has 0 saturated heterocycles. The van der Waals surface area contributed by atoms with Gasteiger partial charge in [-0.05, 0) is 90.8 Å². The van der Waals surface area contributed by atoms with Gasteiger partial charge in [-0.1, -0.05) is 19.8 Å². The number of hydrogen-bond donors (Lipinski definition) is 6. The molecule has 1 amide bonds. The summed E-state index contributed by atoms with van der Waals surface area (Å²) in [6, 6.07) is -0.375. The van der Waals surface area contributed by atoms with Gasteiger partial charge in [-0.3, -0.25) is 4.79 Å². The number of rotatable bonds is 21. The quantitative estimate of drug-likeness (QED) is 0.162. The Morgan fingerprint density at radius 2 is 1.26 bits per heavy atom. The van der Waals surface area contributed by atoms with Crippen LogP contribution in [0.15, 0.2) is 0 Å². The molecule has 162 valence electrons. The molecule has 0 aromatic carbocycles. The van der Waals surface area contributed by atoms with Crippen molar-refractivity contribution in [1.82, 2.24) is 21.3 Å². The fourth-order valence-corrected chi connectivity index (χ4v) is 2.71. The van der Waals surface area contributed by atoms with Crippen molar-refractivity contribution in [2.75, 3.05) is 52.4 Å². The normalized spacial score (nSPS) is 12.3. The van der Waals surface area contributed by atoms with Crippen LogP contribution in [0, 0.1) is 0 Å². The van der Waals surface area contributed by atoms with Crippen LogP contribution in [0.2, 0.25) is 0 Å². The minimum atomic E-state index is -0.375. The molecule has 0 spiro atoms. The number of amides is 1. The van der Waals surface area contributed by atoms with E-state index in [9.17, 15) is 4.79 Å². The summed E-state index contributed by atoms with van der Waals surface area (Å²) >= 11 is 0. The smallest absolute Gasteiger partial charge is 0.236 e. The van der Waals surface area contributed by atoms with Crippen LogP contribution in [-0.2, 0) is 4.79 Å². The molecular formula is C20H46N6O. The minimum absolute atomic E-state index is 0.0162. The first kappa shape index (κ1) is 26.3. The van der Waals surface area contributed by atoms with Gasteiger partial charge >= 0.3 is 0 Å². The fourth-order valence-electron chi connectivity index (χ4n) is 2.71. The van der Waals surface area contributed by atoms with E-state index in [0.29, 0.717) is 6.54 Å². The van der Waals surface area contributed by atoms with E-state index in [1.165, 1.54) is 25.7 Å². The molecule has 0 rings (SSSR count).